The van der Waals surface area contributed by atoms with E-state index in [9.17, 15) is 17.2 Å². The van der Waals surface area contributed by atoms with Crippen molar-refractivity contribution in [3.05, 3.63) is 11.3 Å². The molecule has 1 aliphatic carbocycles. The number of hydrogen-bond donors (Lipinski definition) is 1. The molecule has 2 atom stereocenters. The number of sulfonamides is 1. The maximum Gasteiger partial charge on any atom is 0.250 e. The van der Waals surface area contributed by atoms with Crippen molar-refractivity contribution in [2.75, 3.05) is 6.54 Å². The Morgan fingerprint density at radius 2 is 1.68 bits per heavy atom. The van der Waals surface area contributed by atoms with Gasteiger partial charge < -0.3 is 4.90 Å². The summed E-state index contributed by atoms with van der Waals surface area (Å²) in [5, 5.41) is -0.995. The van der Waals surface area contributed by atoms with Gasteiger partial charge in [-0.25, -0.2) is 21.9 Å². The number of rotatable bonds is 3. The maximum absolute atomic E-state index is 13.2. The van der Waals surface area contributed by atoms with Crippen LogP contribution >= 0.6 is 0 Å². The Bertz CT molecular complexity index is 811. The highest BCUT2D eigenvalue weighted by molar-refractivity contribution is 7.90. The number of hydrogen-bond acceptors (Lipinski definition) is 4. The third kappa shape index (κ3) is 3.99. The summed E-state index contributed by atoms with van der Waals surface area (Å²) in [4.78, 5) is 7.12. The molecular formula is C20H33F2N3O2S. The van der Waals surface area contributed by atoms with Crippen LogP contribution in [0.4, 0.5) is 8.78 Å². The van der Waals surface area contributed by atoms with Crippen molar-refractivity contribution in [1.29, 1.82) is 0 Å². The largest absolute Gasteiger partial charge is 0.332 e. The van der Waals surface area contributed by atoms with Crippen molar-refractivity contribution in [1.82, 2.24) is 9.62 Å². The summed E-state index contributed by atoms with van der Waals surface area (Å²) in [7, 11) is -3.76. The van der Waals surface area contributed by atoms with E-state index in [1.165, 1.54) is 5.57 Å². The lowest BCUT2D eigenvalue weighted by Crippen LogP contribution is -2.51. The molecule has 160 valence electrons. The van der Waals surface area contributed by atoms with Gasteiger partial charge >= 0.3 is 0 Å². The Kier molecular flexibility index (Phi) is 5.03. The van der Waals surface area contributed by atoms with Crippen LogP contribution in [-0.2, 0) is 10.0 Å². The van der Waals surface area contributed by atoms with Crippen LogP contribution in [0.5, 0.6) is 0 Å². The van der Waals surface area contributed by atoms with E-state index in [-0.39, 0.29) is 22.9 Å². The van der Waals surface area contributed by atoms with Crippen LogP contribution in [0.2, 0.25) is 0 Å². The highest BCUT2D eigenvalue weighted by Crippen LogP contribution is 2.44. The first-order valence-electron chi connectivity index (χ1n) is 9.99. The number of fused-ring (bicyclic) bond motifs is 1. The van der Waals surface area contributed by atoms with Gasteiger partial charge in [0, 0.05) is 43.0 Å². The van der Waals surface area contributed by atoms with Gasteiger partial charge in [0.1, 0.15) is 5.84 Å². The van der Waals surface area contributed by atoms with Gasteiger partial charge in [-0.1, -0.05) is 41.5 Å². The number of nitrogens with zero attached hydrogens (tertiary/aromatic N) is 2. The minimum absolute atomic E-state index is 0.0288. The molecule has 0 radical (unpaired) electrons. The van der Waals surface area contributed by atoms with Crippen molar-refractivity contribution in [3.8, 4) is 0 Å². The zero-order valence-electron chi connectivity index (χ0n) is 17.9. The molecule has 3 rings (SSSR count). The van der Waals surface area contributed by atoms with Crippen LogP contribution in [-0.4, -0.2) is 49.0 Å². The van der Waals surface area contributed by atoms with E-state index in [1.54, 1.807) is 0 Å². The van der Waals surface area contributed by atoms with Crippen LogP contribution in [0.3, 0.4) is 0 Å². The van der Waals surface area contributed by atoms with Crippen LogP contribution in [0.1, 0.15) is 67.7 Å². The number of halogens is 2. The van der Waals surface area contributed by atoms with E-state index in [4.69, 9.17) is 4.99 Å². The van der Waals surface area contributed by atoms with Crippen molar-refractivity contribution in [3.63, 3.8) is 0 Å². The van der Waals surface area contributed by atoms with Crippen molar-refractivity contribution in [2.45, 2.75) is 91.0 Å². The first-order valence-corrected chi connectivity index (χ1v) is 11.5. The second-order valence-electron chi connectivity index (χ2n) is 10.5. The second-order valence-corrected chi connectivity index (χ2v) is 12.5. The lowest BCUT2D eigenvalue weighted by atomic mass is 9.79. The molecule has 3 aliphatic rings. The third-order valence-electron chi connectivity index (χ3n) is 5.77. The van der Waals surface area contributed by atoms with Gasteiger partial charge in [0.15, 0.2) is 0 Å². The number of amidine groups is 1. The molecule has 0 aromatic rings. The molecular weight excluding hydrogens is 384 g/mol. The summed E-state index contributed by atoms with van der Waals surface area (Å²) in [5.74, 6) is -1.89. The standard InChI is InChI=1S/C20H33F2N3O2S/c1-12-16(18(2,3)4)15-8-13(11-25(15)17(23-12)19(5,6)7)24-28(26,27)14-9-20(21,22)10-14/h12-14,24H,8-11H2,1-7H3/t12-,13-/m0/s1. The molecule has 0 amide bonds. The van der Waals surface area contributed by atoms with Crippen LogP contribution in [0.25, 0.3) is 0 Å². The van der Waals surface area contributed by atoms with Crippen LogP contribution in [0.15, 0.2) is 16.3 Å². The van der Waals surface area contributed by atoms with Crippen molar-refractivity contribution in [2.24, 2.45) is 15.8 Å². The molecule has 0 unspecified atom stereocenters. The molecule has 0 bridgehead atoms. The predicted molar refractivity (Wildman–Crippen MR) is 108 cm³/mol. The molecule has 28 heavy (non-hydrogen) atoms. The van der Waals surface area contributed by atoms with Gasteiger partial charge in [-0.3, -0.25) is 4.99 Å². The minimum atomic E-state index is -3.76. The summed E-state index contributed by atoms with van der Waals surface area (Å²) >= 11 is 0. The van der Waals surface area contributed by atoms with Gasteiger partial charge in [-0.15, -0.1) is 0 Å². The summed E-state index contributed by atoms with van der Waals surface area (Å²) in [6, 6.07) is -0.300. The monoisotopic (exact) mass is 417 g/mol. The lowest BCUT2D eigenvalue weighted by molar-refractivity contribution is -0.0688. The molecule has 5 nitrogen and oxygen atoms in total. The minimum Gasteiger partial charge on any atom is -0.332 e. The smallest absolute Gasteiger partial charge is 0.250 e. The van der Waals surface area contributed by atoms with E-state index >= 15 is 0 Å². The third-order valence-corrected chi connectivity index (χ3v) is 7.64. The lowest BCUT2D eigenvalue weighted by Gasteiger charge is -2.41. The molecule has 1 saturated heterocycles. The van der Waals surface area contributed by atoms with Crippen molar-refractivity contribution < 1.29 is 17.2 Å². The Morgan fingerprint density at radius 3 is 2.14 bits per heavy atom. The van der Waals surface area contributed by atoms with Gasteiger partial charge in [-0.2, -0.15) is 0 Å². The molecule has 1 saturated carbocycles. The number of aliphatic imine (C=N–C) groups is 1. The molecule has 0 aromatic heterocycles. The molecule has 8 heteroatoms. The average Bonchev–Trinajstić information content (AvgIpc) is 2.82. The first kappa shape index (κ1) is 21.7. The number of nitrogens with one attached hydrogen (secondary N) is 1. The maximum atomic E-state index is 13.2. The highest BCUT2D eigenvalue weighted by atomic mass is 32.2. The summed E-state index contributed by atoms with van der Waals surface area (Å²) in [6.45, 7) is 15.3. The molecule has 0 spiro atoms. The SMILES string of the molecule is C[C@@H]1N=C(C(C)(C)C)N2C[C@@H](NS(=O)(=O)C3CC(F)(F)C3)CC2=C1C(C)(C)C. The van der Waals surface area contributed by atoms with Gasteiger partial charge in [-0.05, 0) is 17.9 Å². The first-order chi connectivity index (χ1) is 12.5. The zero-order chi connectivity index (χ0) is 21.3. The topological polar surface area (TPSA) is 61.8 Å². The summed E-state index contributed by atoms with van der Waals surface area (Å²) in [5.41, 5.74) is 2.08. The van der Waals surface area contributed by atoms with E-state index in [0.29, 0.717) is 13.0 Å². The molecule has 0 aromatic carbocycles. The zero-order valence-corrected chi connectivity index (χ0v) is 18.8. The summed E-state index contributed by atoms with van der Waals surface area (Å²) < 4.78 is 54.2. The normalized spacial score (nSPS) is 28.9. The molecule has 2 fully saturated rings. The van der Waals surface area contributed by atoms with E-state index in [1.807, 2.05) is 0 Å². The van der Waals surface area contributed by atoms with Crippen LogP contribution < -0.4 is 4.72 Å². The highest BCUT2D eigenvalue weighted by Gasteiger charge is 2.52. The fraction of sp³-hybridized carbons (Fsp3) is 0.850. The fourth-order valence-electron chi connectivity index (χ4n) is 4.66. The van der Waals surface area contributed by atoms with Gasteiger partial charge in [0.25, 0.3) is 5.92 Å². The molecule has 1 N–H and O–H groups in total. The summed E-state index contributed by atoms with van der Waals surface area (Å²) in [6.07, 6.45) is -0.602. The predicted octanol–water partition coefficient (Wildman–Crippen LogP) is 3.92. The van der Waals surface area contributed by atoms with Gasteiger partial charge in [0.2, 0.25) is 10.0 Å². The molecule has 2 aliphatic heterocycles. The van der Waals surface area contributed by atoms with Crippen LogP contribution in [0, 0.1) is 10.8 Å². The Morgan fingerprint density at radius 1 is 1.11 bits per heavy atom. The molecule has 2 heterocycles. The van der Waals surface area contributed by atoms with Crippen molar-refractivity contribution >= 4 is 15.9 Å². The van der Waals surface area contributed by atoms with E-state index < -0.39 is 34.0 Å². The fourth-order valence-corrected chi connectivity index (χ4v) is 6.40. The van der Waals surface area contributed by atoms with E-state index in [2.05, 4.69) is 58.1 Å². The average molecular weight is 418 g/mol. The Hall–Kier alpha value is -1.02. The quantitative estimate of drug-likeness (QED) is 0.757. The number of alkyl halides is 2. The van der Waals surface area contributed by atoms with E-state index in [0.717, 1.165) is 11.5 Å². The Balaban J connectivity index is 1.88. The Labute approximate surface area is 167 Å². The second kappa shape index (κ2) is 6.49. The van der Waals surface area contributed by atoms with Gasteiger partial charge in [0.05, 0.1) is 11.3 Å².